The number of rotatable bonds is 6. The summed E-state index contributed by atoms with van der Waals surface area (Å²) in [5.74, 6) is -0.734. The van der Waals surface area contributed by atoms with Gasteiger partial charge in [-0.1, -0.05) is 0 Å². The van der Waals surface area contributed by atoms with E-state index in [9.17, 15) is 14.0 Å². The fourth-order valence-corrected chi connectivity index (χ4v) is 3.59. The number of anilines is 1. The van der Waals surface area contributed by atoms with Crippen molar-refractivity contribution in [1.29, 1.82) is 0 Å². The third-order valence-corrected chi connectivity index (χ3v) is 5.07. The molecule has 7 nitrogen and oxygen atoms in total. The number of hydrogen-bond donors (Lipinski definition) is 3. The number of piperazine rings is 1. The van der Waals surface area contributed by atoms with E-state index < -0.39 is 11.8 Å². The van der Waals surface area contributed by atoms with Gasteiger partial charge in [0.25, 0.3) is 0 Å². The van der Waals surface area contributed by atoms with Crippen LogP contribution in [0.3, 0.4) is 0 Å². The van der Waals surface area contributed by atoms with Gasteiger partial charge in [-0.25, -0.2) is 4.39 Å². The first-order chi connectivity index (χ1) is 13.9. The van der Waals surface area contributed by atoms with Crippen LogP contribution in [0.4, 0.5) is 10.1 Å². The third kappa shape index (κ3) is 5.57. The molecule has 1 aromatic carbocycles. The molecule has 0 saturated carbocycles. The summed E-state index contributed by atoms with van der Waals surface area (Å²) in [6.07, 6.45) is 1.61. The number of carbonyl (C=O) groups excluding carboxylic acids is 2. The molecule has 2 aromatic rings. The average molecular weight is 403 g/mol. The highest BCUT2D eigenvalue weighted by Gasteiger charge is 2.31. The summed E-state index contributed by atoms with van der Waals surface area (Å²) in [6.45, 7) is 7.19. The zero-order chi connectivity index (χ0) is 20.8. The Morgan fingerprint density at radius 3 is 2.41 bits per heavy atom. The first-order valence-corrected chi connectivity index (χ1v) is 9.91. The number of nitrogens with zero attached hydrogens (tertiary/aromatic N) is 1. The molecule has 1 fully saturated rings. The molecule has 8 heteroatoms. The van der Waals surface area contributed by atoms with E-state index in [-0.39, 0.29) is 17.9 Å². The molecule has 2 heterocycles. The largest absolute Gasteiger partial charge is 0.463 e. The van der Waals surface area contributed by atoms with E-state index in [0.29, 0.717) is 6.54 Å². The summed E-state index contributed by atoms with van der Waals surface area (Å²) in [6, 6.07) is 10.1. The van der Waals surface area contributed by atoms with Crippen LogP contribution in [0.25, 0.3) is 0 Å². The predicted octanol–water partition coefficient (Wildman–Crippen LogP) is 0.506. The lowest BCUT2D eigenvalue weighted by Crippen LogP contribution is -3.15. The van der Waals surface area contributed by atoms with Crippen molar-refractivity contribution in [3.63, 3.8) is 0 Å². The van der Waals surface area contributed by atoms with Crippen molar-refractivity contribution < 1.29 is 23.3 Å². The van der Waals surface area contributed by atoms with Crippen LogP contribution in [-0.4, -0.2) is 50.6 Å². The van der Waals surface area contributed by atoms with Crippen molar-refractivity contribution in [2.24, 2.45) is 0 Å². The second-order valence-corrected chi connectivity index (χ2v) is 7.53. The number of furan rings is 1. The quantitative estimate of drug-likeness (QED) is 0.614. The molecular weight excluding hydrogens is 375 g/mol. The molecule has 0 bridgehead atoms. The predicted molar refractivity (Wildman–Crippen MR) is 107 cm³/mol. The molecule has 0 spiro atoms. The molecule has 1 atom stereocenters. The first-order valence-electron chi connectivity index (χ1n) is 9.91. The van der Waals surface area contributed by atoms with Gasteiger partial charge in [0, 0.05) is 11.7 Å². The van der Waals surface area contributed by atoms with E-state index in [0.717, 1.165) is 37.6 Å². The monoisotopic (exact) mass is 403 g/mol. The van der Waals surface area contributed by atoms with Crippen molar-refractivity contribution in [2.45, 2.75) is 25.9 Å². The smallest absolute Gasteiger partial charge is 0.309 e. The molecule has 3 N–H and O–H groups in total. The molecule has 1 aliphatic heterocycles. The Labute approximate surface area is 169 Å². The Bertz CT molecular complexity index is 800. The van der Waals surface area contributed by atoms with Crippen molar-refractivity contribution in [2.75, 3.05) is 37.6 Å². The van der Waals surface area contributed by atoms with E-state index in [1.54, 1.807) is 18.4 Å². The van der Waals surface area contributed by atoms with E-state index in [4.69, 9.17) is 4.42 Å². The highest BCUT2D eigenvalue weighted by atomic mass is 19.1. The van der Waals surface area contributed by atoms with Crippen LogP contribution < -0.4 is 20.4 Å². The van der Waals surface area contributed by atoms with Crippen LogP contribution in [0, 0.1) is 5.82 Å². The number of carbonyl (C=O) groups is 2. The van der Waals surface area contributed by atoms with Crippen LogP contribution in [0.2, 0.25) is 0 Å². The van der Waals surface area contributed by atoms with Crippen LogP contribution >= 0.6 is 0 Å². The Morgan fingerprint density at radius 2 is 1.83 bits per heavy atom. The first kappa shape index (κ1) is 20.9. The summed E-state index contributed by atoms with van der Waals surface area (Å²) < 4.78 is 18.8. The SMILES string of the molecule is CC(C)NC(=O)C(=O)NC[C@H](c1ccco1)[NH+]1CCN(c2ccc(F)cc2)CC1. The van der Waals surface area contributed by atoms with E-state index in [1.165, 1.54) is 17.0 Å². The van der Waals surface area contributed by atoms with Gasteiger partial charge in [-0.3, -0.25) is 9.59 Å². The van der Waals surface area contributed by atoms with Gasteiger partial charge in [0.05, 0.1) is 39.0 Å². The molecule has 2 amide bonds. The van der Waals surface area contributed by atoms with E-state index >= 15 is 0 Å². The van der Waals surface area contributed by atoms with Crippen molar-refractivity contribution in [3.8, 4) is 0 Å². The maximum Gasteiger partial charge on any atom is 0.309 e. The second kappa shape index (κ2) is 9.56. The van der Waals surface area contributed by atoms with Gasteiger partial charge >= 0.3 is 11.8 Å². The van der Waals surface area contributed by atoms with Crippen LogP contribution in [-0.2, 0) is 9.59 Å². The molecule has 0 unspecified atom stereocenters. The lowest BCUT2D eigenvalue weighted by atomic mass is 10.1. The molecule has 29 heavy (non-hydrogen) atoms. The summed E-state index contributed by atoms with van der Waals surface area (Å²) >= 11 is 0. The standard InChI is InChI=1S/C21H27FN4O3/c1-15(2)24-21(28)20(27)23-14-18(19-4-3-13-29-19)26-11-9-25(10-12-26)17-7-5-16(22)6-8-17/h3-8,13,15,18H,9-12,14H2,1-2H3,(H,23,27)(H,24,28)/p+1/t18-/m1/s1. The van der Waals surface area contributed by atoms with Crippen LogP contribution in [0.1, 0.15) is 25.6 Å². The van der Waals surface area contributed by atoms with Gasteiger partial charge in [0.2, 0.25) is 0 Å². The zero-order valence-corrected chi connectivity index (χ0v) is 16.8. The van der Waals surface area contributed by atoms with Gasteiger partial charge in [-0.15, -0.1) is 0 Å². The van der Waals surface area contributed by atoms with Crippen molar-refractivity contribution in [3.05, 3.63) is 54.2 Å². The minimum absolute atomic E-state index is 0.0869. The molecule has 1 aliphatic rings. The number of hydrogen-bond acceptors (Lipinski definition) is 4. The van der Waals surface area contributed by atoms with Crippen LogP contribution in [0.5, 0.6) is 0 Å². The summed E-state index contributed by atoms with van der Waals surface area (Å²) in [5, 5.41) is 5.33. The maximum absolute atomic E-state index is 13.2. The Morgan fingerprint density at radius 1 is 1.14 bits per heavy atom. The van der Waals surface area contributed by atoms with Crippen molar-refractivity contribution in [1.82, 2.24) is 10.6 Å². The average Bonchev–Trinajstić information content (AvgIpc) is 3.23. The van der Waals surface area contributed by atoms with Crippen LogP contribution in [0.15, 0.2) is 47.1 Å². The highest BCUT2D eigenvalue weighted by Crippen LogP contribution is 2.16. The maximum atomic E-state index is 13.2. The summed E-state index contributed by atoms with van der Waals surface area (Å²) in [7, 11) is 0. The fraction of sp³-hybridized carbons (Fsp3) is 0.429. The minimum atomic E-state index is -0.639. The summed E-state index contributed by atoms with van der Waals surface area (Å²) in [4.78, 5) is 27.4. The molecular formula is C21H28FN4O3+. The second-order valence-electron chi connectivity index (χ2n) is 7.53. The van der Waals surface area contributed by atoms with Gasteiger partial charge < -0.3 is 24.9 Å². The third-order valence-electron chi connectivity index (χ3n) is 5.07. The van der Waals surface area contributed by atoms with Gasteiger partial charge in [-0.2, -0.15) is 0 Å². The molecule has 0 aliphatic carbocycles. The fourth-order valence-electron chi connectivity index (χ4n) is 3.59. The minimum Gasteiger partial charge on any atom is -0.463 e. The number of halogens is 1. The molecule has 1 aromatic heterocycles. The lowest BCUT2D eigenvalue weighted by molar-refractivity contribution is -0.932. The van der Waals surface area contributed by atoms with Gasteiger partial charge in [0.15, 0.2) is 11.8 Å². The Hall–Kier alpha value is -2.87. The molecule has 1 saturated heterocycles. The normalized spacial score (nSPS) is 15.9. The summed E-state index contributed by atoms with van der Waals surface area (Å²) in [5.41, 5.74) is 0.999. The van der Waals surface area contributed by atoms with Gasteiger partial charge in [-0.05, 0) is 50.2 Å². The molecule has 156 valence electrons. The van der Waals surface area contributed by atoms with E-state index in [1.807, 2.05) is 26.0 Å². The van der Waals surface area contributed by atoms with Gasteiger partial charge in [0.1, 0.15) is 5.82 Å². The number of quaternary nitrogens is 1. The van der Waals surface area contributed by atoms with E-state index in [2.05, 4.69) is 15.5 Å². The lowest BCUT2D eigenvalue weighted by Gasteiger charge is -2.37. The molecule has 0 radical (unpaired) electrons. The van der Waals surface area contributed by atoms with Crippen molar-refractivity contribution >= 4 is 17.5 Å². The zero-order valence-electron chi connectivity index (χ0n) is 16.8. The molecule has 3 rings (SSSR count). The number of benzene rings is 1. The highest BCUT2D eigenvalue weighted by molar-refractivity contribution is 6.35. The number of amides is 2. The Kier molecular flexibility index (Phi) is 6.87. The topological polar surface area (TPSA) is 79.0 Å². The Balaban J connectivity index is 1.60. The number of nitrogens with one attached hydrogen (secondary N) is 3.